The van der Waals surface area contributed by atoms with Gasteiger partial charge in [-0.15, -0.1) is 0 Å². The average molecular weight is 312 g/mol. The first kappa shape index (κ1) is 21.5. The van der Waals surface area contributed by atoms with Gasteiger partial charge in [0.1, 0.15) is 0 Å². The van der Waals surface area contributed by atoms with Crippen molar-refractivity contribution in [1.82, 2.24) is 4.90 Å². The molecule has 22 heavy (non-hydrogen) atoms. The lowest BCUT2D eigenvalue weighted by Gasteiger charge is -2.17. The number of unbranched alkanes of at least 4 members (excludes halogenated alkanes) is 7. The lowest BCUT2D eigenvalue weighted by atomic mass is 9.90. The minimum absolute atomic E-state index is 0.285. The van der Waals surface area contributed by atoms with Gasteiger partial charge in [0.15, 0.2) is 0 Å². The standard InChI is InChI=1S/C20H41NO/c1-5-7-9-11-13-16-19(15-12-10-8-6-2)17-14-18-20(22)21(3)4/h19H,5-18H2,1-4H3. The summed E-state index contributed by atoms with van der Waals surface area (Å²) in [5.74, 6) is 1.14. The summed E-state index contributed by atoms with van der Waals surface area (Å²) in [4.78, 5) is 13.4. The van der Waals surface area contributed by atoms with Crippen LogP contribution >= 0.6 is 0 Å². The number of carbonyl (C=O) groups is 1. The number of amides is 1. The van der Waals surface area contributed by atoms with E-state index in [1.165, 1.54) is 77.0 Å². The van der Waals surface area contributed by atoms with Gasteiger partial charge in [-0.05, 0) is 18.8 Å². The second kappa shape index (κ2) is 15.4. The Kier molecular flexibility index (Phi) is 15.0. The summed E-state index contributed by atoms with van der Waals surface area (Å²) in [6.07, 6.45) is 18.2. The number of hydrogen-bond acceptors (Lipinski definition) is 1. The van der Waals surface area contributed by atoms with Gasteiger partial charge in [0.05, 0.1) is 0 Å². The summed E-state index contributed by atoms with van der Waals surface area (Å²) in [6.45, 7) is 4.55. The molecule has 0 aromatic rings. The third kappa shape index (κ3) is 13.2. The zero-order valence-electron chi connectivity index (χ0n) is 15.8. The van der Waals surface area contributed by atoms with Crippen molar-refractivity contribution in [2.45, 2.75) is 104 Å². The smallest absolute Gasteiger partial charge is 0.222 e. The minimum Gasteiger partial charge on any atom is -0.349 e. The summed E-state index contributed by atoms with van der Waals surface area (Å²) in [7, 11) is 3.72. The monoisotopic (exact) mass is 311 g/mol. The largest absolute Gasteiger partial charge is 0.349 e. The van der Waals surface area contributed by atoms with Gasteiger partial charge >= 0.3 is 0 Å². The molecule has 0 rings (SSSR count). The average Bonchev–Trinajstić information content (AvgIpc) is 2.50. The van der Waals surface area contributed by atoms with Gasteiger partial charge in [0, 0.05) is 20.5 Å². The van der Waals surface area contributed by atoms with Gasteiger partial charge in [-0.1, -0.05) is 84.5 Å². The number of carbonyl (C=O) groups excluding carboxylic acids is 1. The molecule has 132 valence electrons. The Labute approximate surface area is 140 Å². The van der Waals surface area contributed by atoms with Crippen LogP contribution in [0, 0.1) is 5.92 Å². The van der Waals surface area contributed by atoms with E-state index in [0.29, 0.717) is 0 Å². The molecule has 0 aliphatic rings. The Morgan fingerprint density at radius 3 is 1.68 bits per heavy atom. The number of rotatable bonds is 15. The molecule has 0 radical (unpaired) electrons. The third-order valence-corrected chi connectivity index (χ3v) is 4.68. The van der Waals surface area contributed by atoms with Crippen molar-refractivity contribution in [3.8, 4) is 0 Å². The fourth-order valence-electron chi connectivity index (χ4n) is 3.09. The molecule has 2 nitrogen and oxygen atoms in total. The van der Waals surface area contributed by atoms with E-state index in [0.717, 1.165) is 18.8 Å². The van der Waals surface area contributed by atoms with Gasteiger partial charge in [-0.2, -0.15) is 0 Å². The Morgan fingerprint density at radius 1 is 0.727 bits per heavy atom. The zero-order valence-corrected chi connectivity index (χ0v) is 15.8. The second-order valence-electron chi connectivity index (χ2n) is 7.10. The van der Waals surface area contributed by atoms with Gasteiger partial charge in [0.2, 0.25) is 5.91 Å². The van der Waals surface area contributed by atoms with Crippen molar-refractivity contribution < 1.29 is 4.79 Å². The Hall–Kier alpha value is -0.530. The topological polar surface area (TPSA) is 20.3 Å². The molecule has 0 spiro atoms. The van der Waals surface area contributed by atoms with Crippen molar-refractivity contribution in [2.24, 2.45) is 5.92 Å². The summed E-state index contributed by atoms with van der Waals surface area (Å²) < 4.78 is 0. The van der Waals surface area contributed by atoms with E-state index >= 15 is 0 Å². The van der Waals surface area contributed by atoms with E-state index in [1.807, 2.05) is 14.1 Å². The maximum Gasteiger partial charge on any atom is 0.222 e. The first-order chi connectivity index (χ1) is 10.6. The molecule has 0 bridgehead atoms. The predicted octanol–water partition coefficient (Wildman–Crippen LogP) is 6.19. The van der Waals surface area contributed by atoms with Crippen molar-refractivity contribution in [1.29, 1.82) is 0 Å². The summed E-state index contributed by atoms with van der Waals surface area (Å²) in [5.41, 5.74) is 0. The normalized spacial score (nSPS) is 12.4. The Morgan fingerprint density at radius 2 is 1.18 bits per heavy atom. The van der Waals surface area contributed by atoms with E-state index in [-0.39, 0.29) is 5.91 Å². The maximum absolute atomic E-state index is 11.7. The molecule has 0 fully saturated rings. The molecule has 0 saturated heterocycles. The van der Waals surface area contributed by atoms with Gasteiger partial charge < -0.3 is 4.90 Å². The molecule has 1 atom stereocenters. The molecule has 1 unspecified atom stereocenters. The van der Waals surface area contributed by atoms with Crippen LogP contribution in [0.15, 0.2) is 0 Å². The molecule has 0 N–H and O–H groups in total. The highest BCUT2D eigenvalue weighted by Crippen LogP contribution is 2.23. The Bertz CT molecular complexity index is 250. The van der Waals surface area contributed by atoms with Crippen LogP contribution < -0.4 is 0 Å². The fraction of sp³-hybridized carbons (Fsp3) is 0.950. The molecule has 0 aliphatic carbocycles. The highest BCUT2D eigenvalue weighted by molar-refractivity contribution is 5.75. The van der Waals surface area contributed by atoms with E-state index < -0.39 is 0 Å². The highest BCUT2D eigenvalue weighted by atomic mass is 16.2. The maximum atomic E-state index is 11.7. The van der Waals surface area contributed by atoms with Crippen molar-refractivity contribution >= 4 is 5.91 Å². The molecular formula is C20H41NO. The minimum atomic E-state index is 0.285. The Balaban J connectivity index is 3.91. The van der Waals surface area contributed by atoms with Crippen LogP contribution in [0.4, 0.5) is 0 Å². The van der Waals surface area contributed by atoms with Crippen LogP contribution in [-0.4, -0.2) is 24.9 Å². The van der Waals surface area contributed by atoms with E-state index in [1.54, 1.807) is 4.90 Å². The second-order valence-corrected chi connectivity index (χ2v) is 7.10. The van der Waals surface area contributed by atoms with Crippen LogP contribution in [0.25, 0.3) is 0 Å². The third-order valence-electron chi connectivity index (χ3n) is 4.68. The van der Waals surface area contributed by atoms with E-state index in [2.05, 4.69) is 13.8 Å². The first-order valence-electron chi connectivity index (χ1n) is 9.81. The van der Waals surface area contributed by atoms with Crippen LogP contribution in [0.5, 0.6) is 0 Å². The van der Waals surface area contributed by atoms with Crippen molar-refractivity contribution in [3.63, 3.8) is 0 Å². The molecular weight excluding hydrogens is 270 g/mol. The van der Waals surface area contributed by atoms with Crippen molar-refractivity contribution in [3.05, 3.63) is 0 Å². The van der Waals surface area contributed by atoms with Gasteiger partial charge in [-0.3, -0.25) is 4.79 Å². The van der Waals surface area contributed by atoms with Gasteiger partial charge in [-0.25, -0.2) is 0 Å². The van der Waals surface area contributed by atoms with Gasteiger partial charge in [0.25, 0.3) is 0 Å². The SMILES string of the molecule is CCCCCCCC(CCCCCC)CCCC(=O)N(C)C. The molecule has 2 heteroatoms. The van der Waals surface area contributed by atoms with Crippen LogP contribution in [0.3, 0.4) is 0 Å². The summed E-state index contributed by atoms with van der Waals surface area (Å²) in [6, 6.07) is 0. The predicted molar refractivity (Wildman–Crippen MR) is 98.2 cm³/mol. The lowest BCUT2D eigenvalue weighted by Crippen LogP contribution is -2.21. The molecule has 1 amide bonds. The van der Waals surface area contributed by atoms with E-state index in [9.17, 15) is 4.79 Å². The summed E-state index contributed by atoms with van der Waals surface area (Å²) in [5, 5.41) is 0. The van der Waals surface area contributed by atoms with Crippen LogP contribution in [-0.2, 0) is 4.79 Å². The highest BCUT2D eigenvalue weighted by Gasteiger charge is 2.10. The molecule has 0 heterocycles. The van der Waals surface area contributed by atoms with E-state index in [4.69, 9.17) is 0 Å². The quantitative estimate of drug-likeness (QED) is 0.330. The van der Waals surface area contributed by atoms with Crippen molar-refractivity contribution in [2.75, 3.05) is 14.1 Å². The van der Waals surface area contributed by atoms with Crippen LogP contribution in [0.1, 0.15) is 104 Å². The molecule has 0 aliphatic heterocycles. The number of hydrogen-bond donors (Lipinski definition) is 0. The zero-order chi connectivity index (χ0) is 16.6. The van der Waals surface area contributed by atoms with Crippen LogP contribution in [0.2, 0.25) is 0 Å². The number of nitrogens with zero attached hydrogens (tertiary/aromatic N) is 1. The fourth-order valence-corrected chi connectivity index (χ4v) is 3.09. The lowest BCUT2D eigenvalue weighted by molar-refractivity contribution is -0.128. The summed E-state index contributed by atoms with van der Waals surface area (Å²) >= 11 is 0. The molecule has 0 saturated carbocycles. The first-order valence-corrected chi connectivity index (χ1v) is 9.81. The molecule has 0 aromatic carbocycles. The molecule has 0 aromatic heterocycles.